The van der Waals surface area contributed by atoms with Gasteiger partial charge in [0.15, 0.2) is 0 Å². The van der Waals surface area contributed by atoms with E-state index in [-0.39, 0.29) is 12.0 Å². The van der Waals surface area contributed by atoms with Gasteiger partial charge in [0.1, 0.15) is 0 Å². The van der Waals surface area contributed by atoms with Crippen LogP contribution in [0.2, 0.25) is 0 Å². The first kappa shape index (κ1) is 20.9. The largest absolute Gasteiger partial charge is 0.478 e. The van der Waals surface area contributed by atoms with Gasteiger partial charge in [-0.15, -0.1) is 0 Å². The lowest BCUT2D eigenvalue weighted by Crippen LogP contribution is -2.02. The molecule has 4 nitrogen and oxygen atoms in total. The van der Waals surface area contributed by atoms with Crippen LogP contribution >= 0.6 is 0 Å². The maximum Gasteiger partial charge on any atom is 0.333 e. The molecule has 0 amide bonds. The number of carbonyl (C=O) groups excluding carboxylic acids is 1. The van der Waals surface area contributed by atoms with E-state index in [9.17, 15) is 9.59 Å². The number of aliphatic carboxylic acids is 1. The van der Waals surface area contributed by atoms with Gasteiger partial charge < -0.3 is 9.84 Å². The number of carboxylic acid groups (broad SMARTS) is 1. The third-order valence-electron chi connectivity index (χ3n) is 2.55. The van der Waals surface area contributed by atoms with Crippen LogP contribution in [0.3, 0.4) is 0 Å². The zero-order valence-corrected chi connectivity index (χ0v) is 13.7. The molecule has 126 valence electrons. The Morgan fingerprint density at radius 1 is 1.17 bits per heavy atom. The third-order valence-corrected chi connectivity index (χ3v) is 2.55. The highest BCUT2D eigenvalue weighted by atomic mass is 16.5. The molecule has 4 heteroatoms. The molecule has 0 aliphatic heterocycles. The van der Waals surface area contributed by atoms with Gasteiger partial charge in [0, 0.05) is 11.6 Å². The lowest BCUT2D eigenvalue weighted by Gasteiger charge is -1.97. The summed E-state index contributed by atoms with van der Waals surface area (Å²) in [6, 6.07) is 10.2. The molecule has 0 spiro atoms. The summed E-state index contributed by atoms with van der Waals surface area (Å²) in [5.41, 5.74) is 1.45. The second-order valence-corrected chi connectivity index (χ2v) is 4.43. The Morgan fingerprint density at radius 3 is 2.38 bits per heavy atom. The van der Waals surface area contributed by atoms with Gasteiger partial charge in [-0.2, -0.15) is 0 Å². The minimum absolute atomic E-state index is 0.193. The summed E-state index contributed by atoms with van der Waals surface area (Å²) >= 11 is 0. The number of esters is 1. The minimum Gasteiger partial charge on any atom is -0.478 e. The molecule has 0 aliphatic rings. The lowest BCUT2D eigenvalue weighted by molar-refractivity contribution is -0.136. The molecule has 0 heterocycles. The Kier molecular flexibility index (Phi) is 11.7. The Labute approximate surface area is 142 Å². The van der Waals surface area contributed by atoms with Crippen LogP contribution in [0.15, 0.2) is 85.5 Å². The fourth-order valence-corrected chi connectivity index (χ4v) is 1.40. The summed E-state index contributed by atoms with van der Waals surface area (Å²) < 4.78 is 4.35. The first-order chi connectivity index (χ1) is 11.5. The summed E-state index contributed by atoms with van der Waals surface area (Å²) in [6.45, 7) is 6.99. The van der Waals surface area contributed by atoms with Gasteiger partial charge >= 0.3 is 11.9 Å². The van der Waals surface area contributed by atoms with E-state index in [2.05, 4.69) is 36.1 Å². The maximum absolute atomic E-state index is 10.7. The van der Waals surface area contributed by atoms with Crippen molar-refractivity contribution in [2.75, 3.05) is 7.11 Å². The van der Waals surface area contributed by atoms with Crippen LogP contribution in [0.25, 0.3) is 6.08 Å². The van der Waals surface area contributed by atoms with Crippen molar-refractivity contribution in [2.24, 2.45) is 0 Å². The van der Waals surface area contributed by atoms with Gasteiger partial charge in [-0.05, 0) is 12.0 Å². The highest BCUT2D eigenvalue weighted by Crippen LogP contribution is 2.01. The second-order valence-electron chi connectivity index (χ2n) is 4.43. The Bertz CT molecular complexity index is 622. The Hall–Kier alpha value is -3.14. The average molecular weight is 326 g/mol. The number of hydrogen-bond acceptors (Lipinski definition) is 3. The monoisotopic (exact) mass is 326 g/mol. The SMILES string of the molecule is C=C(CC=CC(=O)O)C(=O)OC.C=CC=CC=Cc1ccccc1. The third kappa shape index (κ3) is 11.5. The van der Waals surface area contributed by atoms with Gasteiger partial charge in [0.2, 0.25) is 0 Å². The summed E-state index contributed by atoms with van der Waals surface area (Å²) in [5.74, 6) is -1.57. The van der Waals surface area contributed by atoms with Crippen molar-refractivity contribution in [3.05, 3.63) is 91.1 Å². The molecule has 1 aromatic carbocycles. The number of ether oxygens (including phenoxy) is 1. The van der Waals surface area contributed by atoms with E-state index in [4.69, 9.17) is 5.11 Å². The molecule has 0 saturated heterocycles. The van der Waals surface area contributed by atoms with Gasteiger partial charge in [-0.25, -0.2) is 9.59 Å². The first-order valence-electron chi connectivity index (χ1n) is 7.17. The fourth-order valence-electron chi connectivity index (χ4n) is 1.40. The molecule has 24 heavy (non-hydrogen) atoms. The summed E-state index contributed by atoms with van der Waals surface area (Å²) in [4.78, 5) is 20.7. The van der Waals surface area contributed by atoms with Gasteiger partial charge in [-0.3, -0.25) is 0 Å². The summed E-state index contributed by atoms with van der Waals surface area (Å²) in [6.07, 6.45) is 12.2. The number of methoxy groups -OCH3 is 1. The van der Waals surface area contributed by atoms with Crippen molar-refractivity contribution in [1.82, 2.24) is 0 Å². The van der Waals surface area contributed by atoms with Crippen LogP contribution in [0.5, 0.6) is 0 Å². The number of carbonyl (C=O) groups is 2. The highest BCUT2D eigenvalue weighted by molar-refractivity contribution is 5.88. The molecule has 0 unspecified atom stereocenters. The average Bonchev–Trinajstić information content (AvgIpc) is 2.59. The zero-order chi connectivity index (χ0) is 18.2. The molecule has 1 rings (SSSR count). The molecule has 0 atom stereocenters. The van der Waals surface area contributed by atoms with Gasteiger partial charge in [0.05, 0.1) is 7.11 Å². The highest BCUT2D eigenvalue weighted by Gasteiger charge is 2.03. The molecule has 1 N–H and O–H groups in total. The number of allylic oxidation sites excluding steroid dienone is 5. The van der Waals surface area contributed by atoms with E-state index in [0.29, 0.717) is 0 Å². The maximum atomic E-state index is 10.7. The first-order valence-corrected chi connectivity index (χ1v) is 7.17. The number of hydrogen-bond donors (Lipinski definition) is 1. The van der Waals surface area contributed by atoms with E-state index in [1.807, 2.05) is 36.4 Å². The molecular weight excluding hydrogens is 304 g/mol. The normalized spacial score (nSPS) is 10.4. The van der Waals surface area contributed by atoms with Crippen molar-refractivity contribution in [1.29, 1.82) is 0 Å². The van der Waals surface area contributed by atoms with E-state index < -0.39 is 11.9 Å². The van der Waals surface area contributed by atoms with Crippen molar-refractivity contribution < 1.29 is 19.4 Å². The molecule has 1 aromatic rings. The standard InChI is InChI=1S/C12H12.C8H10O4/c1-2-3-4-6-9-12-10-7-5-8-11-12;1-6(8(11)12-2)4-3-5-7(9)10/h2-11H,1H2;3,5H,1,4H2,2H3,(H,9,10). The van der Waals surface area contributed by atoms with Crippen LogP contribution in [0.4, 0.5) is 0 Å². The molecule has 0 bridgehead atoms. The lowest BCUT2D eigenvalue weighted by atomic mass is 10.2. The molecule has 0 aromatic heterocycles. The number of benzene rings is 1. The van der Waals surface area contributed by atoms with Crippen LogP contribution < -0.4 is 0 Å². The predicted octanol–water partition coefficient (Wildman–Crippen LogP) is 4.19. The van der Waals surface area contributed by atoms with Crippen molar-refractivity contribution >= 4 is 18.0 Å². The Morgan fingerprint density at radius 2 is 1.83 bits per heavy atom. The van der Waals surface area contributed by atoms with Crippen LogP contribution in [0, 0.1) is 0 Å². The molecule has 0 saturated carbocycles. The van der Waals surface area contributed by atoms with Gasteiger partial charge in [-0.1, -0.05) is 79.9 Å². The molecule has 0 radical (unpaired) electrons. The minimum atomic E-state index is -1.05. The van der Waals surface area contributed by atoms with Crippen molar-refractivity contribution in [2.45, 2.75) is 6.42 Å². The van der Waals surface area contributed by atoms with E-state index in [0.717, 1.165) is 6.08 Å². The molecular formula is C20H22O4. The van der Waals surface area contributed by atoms with Crippen molar-refractivity contribution in [3.8, 4) is 0 Å². The predicted molar refractivity (Wildman–Crippen MR) is 97.4 cm³/mol. The van der Waals surface area contributed by atoms with Gasteiger partial charge in [0.25, 0.3) is 0 Å². The number of rotatable bonds is 7. The molecule has 0 aliphatic carbocycles. The summed E-state index contributed by atoms with van der Waals surface area (Å²) in [7, 11) is 1.24. The van der Waals surface area contributed by atoms with E-state index >= 15 is 0 Å². The topological polar surface area (TPSA) is 63.6 Å². The van der Waals surface area contributed by atoms with E-state index in [1.54, 1.807) is 6.08 Å². The van der Waals surface area contributed by atoms with E-state index in [1.165, 1.54) is 18.7 Å². The quantitative estimate of drug-likeness (QED) is 0.463. The zero-order valence-electron chi connectivity index (χ0n) is 13.7. The second kappa shape index (κ2) is 13.5. The fraction of sp³-hybridized carbons (Fsp3) is 0.100. The van der Waals surface area contributed by atoms with Crippen molar-refractivity contribution in [3.63, 3.8) is 0 Å². The molecule has 0 fully saturated rings. The Balaban J connectivity index is 0.000000441. The van der Waals surface area contributed by atoms with Crippen LogP contribution in [-0.4, -0.2) is 24.2 Å². The number of carboxylic acids is 1. The van der Waals surface area contributed by atoms with Crippen LogP contribution in [-0.2, 0) is 14.3 Å². The smallest absolute Gasteiger partial charge is 0.333 e. The van der Waals surface area contributed by atoms with Crippen LogP contribution in [0.1, 0.15) is 12.0 Å². The summed E-state index contributed by atoms with van der Waals surface area (Å²) in [5, 5.41) is 8.19.